The Hall–Kier alpha value is -3.65. The molecule has 12 nitrogen and oxygen atoms in total. The Bertz CT molecular complexity index is 1040. The lowest BCUT2D eigenvalue weighted by Crippen LogP contribution is -2.54. The van der Waals surface area contributed by atoms with Gasteiger partial charge in [-0.3, -0.25) is 9.59 Å². The highest BCUT2D eigenvalue weighted by atomic mass is 32.1. The van der Waals surface area contributed by atoms with Crippen LogP contribution in [0.25, 0.3) is 0 Å². The number of aromatic carboxylic acids is 1. The number of anilines is 1. The van der Waals surface area contributed by atoms with Crippen molar-refractivity contribution in [2.45, 2.75) is 12.4 Å². The molecule has 0 aliphatic carbocycles. The van der Waals surface area contributed by atoms with Gasteiger partial charge in [-0.1, -0.05) is 17.3 Å². The van der Waals surface area contributed by atoms with Gasteiger partial charge in [-0.15, -0.1) is 11.3 Å². The molecule has 0 spiro atoms. The number of amides is 2. The molecule has 1 unspecified atom stereocenters. The van der Waals surface area contributed by atoms with E-state index in [2.05, 4.69) is 20.8 Å². The number of oxime groups is 1. The third kappa shape index (κ3) is 5.10. The van der Waals surface area contributed by atoms with Crippen LogP contribution in [0.3, 0.4) is 0 Å². The normalized spacial score (nSPS) is 15.5. The number of carboxylic acid groups (broad SMARTS) is 1. The number of nitrogens with two attached hydrogens (primary N) is 1. The maximum Gasteiger partial charge on any atom is 0.547 e. The second kappa shape index (κ2) is 9.44. The summed E-state index contributed by atoms with van der Waals surface area (Å²) in [5.74, 6) is -3.28. The first-order valence-corrected chi connectivity index (χ1v) is 9.80. The summed E-state index contributed by atoms with van der Waals surface area (Å²) < 4.78 is 5.36. The summed E-state index contributed by atoms with van der Waals surface area (Å²) in [4.78, 5) is 44.4. The van der Waals surface area contributed by atoms with Crippen LogP contribution in [0.15, 0.2) is 28.7 Å². The van der Waals surface area contributed by atoms with Crippen molar-refractivity contribution in [2.24, 2.45) is 5.16 Å². The first-order chi connectivity index (χ1) is 14.8. The van der Waals surface area contributed by atoms with E-state index in [1.54, 1.807) is 12.1 Å². The highest BCUT2D eigenvalue weighted by molar-refractivity contribution is 7.13. The quantitative estimate of drug-likeness (QED) is 0.202. The number of benzene rings is 1. The van der Waals surface area contributed by atoms with E-state index in [4.69, 9.17) is 15.2 Å². The minimum atomic E-state index is -1.51. The molecule has 14 heteroatoms. The van der Waals surface area contributed by atoms with Crippen LogP contribution in [0.1, 0.15) is 21.6 Å². The molecule has 3 rings (SSSR count). The number of thiazole rings is 1. The largest absolute Gasteiger partial charge is 0.547 e. The minimum Gasteiger partial charge on any atom is -0.534 e. The van der Waals surface area contributed by atoms with Gasteiger partial charge in [-0.2, -0.15) is 0 Å². The van der Waals surface area contributed by atoms with Gasteiger partial charge >= 0.3 is 13.1 Å². The van der Waals surface area contributed by atoms with Gasteiger partial charge < -0.3 is 36.0 Å². The summed E-state index contributed by atoms with van der Waals surface area (Å²) >= 11 is 1.08. The minimum absolute atomic E-state index is 0.0445. The fourth-order valence-corrected chi connectivity index (χ4v) is 3.33. The Balaban J connectivity index is 1.79. The predicted octanol–water partition coefficient (Wildman–Crippen LogP) is -0.970. The van der Waals surface area contributed by atoms with Crippen molar-refractivity contribution in [3.8, 4) is 5.75 Å². The molecule has 0 saturated heterocycles. The van der Waals surface area contributed by atoms with Crippen LogP contribution in [0.2, 0.25) is 0 Å². The molecule has 0 fully saturated rings. The number of nitrogens with zero attached hydrogens (tertiary/aromatic N) is 2. The first-order valence-electron chi connectivity index (χ1n) is 8.92. The van der Waals surface area contributed by atoms with E-state index in [-0.39, 0.29) is 34.3 Å². The predicted molar refractivity (Wildman–Crippen MR) is 111 cm³/mol. The standard InChI is InChI=1S/C17H18BN5O7S/c1-20-12(24)6-29-23-13(10-7-31-17(19)21-10)15(25)22-11-5-8-3-2-4-9(16(26)27)14(8)30-18(11)28/h2-4,7,11,28H,5-6H2,1H3,(H2,19,21)(H,20,24)(H,22,25)(H,26,27). The fraction of sp³-hybridized carbons (Fsp3) is 0.235. The number of carbonyl (C=O) groups is 3. The molecule has 1 aromatic carbocycles. The van der Waals surface area contributed by atoms with Crippen LogP contribution in [0.4, 0.5) is 5.13 Å². The van der Waals surface area contributed by atoms with Crippen LogP contribution >= 0.6 is 11.3 Å². The SMILES string of the molecule is CNC(=O)CON=C(C(=O)NC1Cc2cccc(C(=O)O)c2OB1O)c1csc(N)n1. The van der Waals surface area contributed by atoms with Gasteiger partial charge in [-0.25, -0.2) is 9.78 Å². The Labute approximate surface area is 180 Å². The number of nitrogen functional groups attached to an aromatic ring is 1. The molecule has 1 atom stereocenters. The number of carboxylic acids is 1. The molecule has 0 radical (unpaired) electrons. The summed E-state index contributed by atoms with van der Waals surface area (Å²) in [5.41, 5.74) is 5.90. The van der Waals surface area contributed by atoms with E-state index in [9.17, 15) is 24.5 Å². The van der Waals surface area contributed by atoms with Crippen LogP contribution in [0, 0.1) is 0 Å². The number of hydrogen-bond acceptors (Lipinski definition) is 10. The number of aromatic nitrogens is 1. The van der Waals surface area contributed by atoms with Gasteiger partial charge in [0.25, 0.3) is 11.8 Å². The van der Waals surface area contributed by atoms with E-state index in [0.717, 1.165) is 11.3 Å². The summed E-state index contributed by atoms with van der Waals surface area (Å²) in [5, 5.41) is 29.9. The van der Waals surface area contributed by atoms with Crippen LogP contribution in [-0.4, -0.2) is 65.3 Å². The summed E-state index contributed by atoms with van der Waals surface area (Å²) in [7, 11) is -0.0899. The van der Waals surface area contributed by atoms with Crippen LogP contribution < -0.4 is 21.0 Å². The molecule has 0 bridgehead atoms. The molecule has 2 amide bonds. The van der Waals surface area contributed by atoms with Crippen molar-refractivity contribution in [1.82, 2.24) is 15.6 Å². The maximum absolute atomic E-state index is 12.8. The molecule has 0 saturated carbocycles. The molecular weight excluding hydrogens is 429 g/mol. The average Bonchev–Trinajstić information content (AvgIpc) is 3.16. The molecule has 1 aromatic heterocycles. The zero-order chi connectivity index (χ0) is 22.5. The van der Waals surface area contributed by atoms with Gasteiger partial charge in [0.15, 0.2) is 17.5 Å². The van der Waals surface area contributed by atoms with E-state index in [1.165, 1.54) is 18.5 Å². The number of carbonyl (C=O) groups excluding carboxylic acids is 2. The Morgan fingerprint density at radius 1 is 1.45 bits per heavy atom. The number of hydrogen-bond donors (Lipinski definition) is 5. The van der Waals surface area contributed by atoms with Crippen LogP contribution in [-0.2, 0) is 20.8 Å². The first kappa shape index (κ1) is 22.0. The smallest absolute Gasteiger partial charge is 0.534 e. The zero-order valence-electron chi connectivity index (χ0n) is 16.2. The zero-order valence-corrected chi connectivity index (χ0v) is 17.0. The molecular formula is C17H18BN5O7S. The fourth-order valence-electron chi connectivity index (χ4n) is 2.78. The van der Waals surface area contributed by atoms with Gasteiger partial charge in [0, 0.05) is 12.4 Å². The third-order valence-electron chi connectivity index (χ3n) is 4.28. The third-order valence-corrected chi connectivity index (χ3v) is 4.95. The Morgan fingerprint density at radius 2 is 2.23 bits per heavy atom. The van der Waals surface area contributed by atoms with Crippen molar-refractivity contribution in [2.75, 3.05) is 19.4 Å². The van der Waals surface area contributed by atoms with Crippen molar-refractivity contribution in [1.29, 1.82) is 0 Å². The molecule has 31 heavy (non-hydrogen) atoms. The Morgan fingerprint density at radius 3 is 2.87 bits per heavy atom. The number of likely N-dealkylation sites (N-methyl/N-ethyl adjacent to an activating group) is 1. The van der Waals surface area contributed by atoms with Crippen LogP contribution in [0.5, 0.6) is 5.75 Å². The molecule has 1 aliphatic rings. The second-order valence-electron chi connectivity index (χ2n) is 6.35. The van der Waals surface area contributed by atoms with Gasteiger partial charge in [0.05, 0.1) is 11.5 Å². The Kier molecular flexibility index (Phi) is 6.72. The molecule has 162 valence electrons. The van der Waals surface area contributed by atoms with Crippen molar-refractivity contribution < 1.29 is 34.0 Å². The lowest BCUT2D eigenvalue weighted by atomic mass is 9.72. The van der Waals surface area contributed by atoms with Gasteiger partial charge in [0.1, 0.15) is 11.4 Å². The summed E-state index contributed by atoms with van der Waals surface area (Å²) in [6, 6.07) is 4.53. The summed E-state index contributed by atoms with van der Waals surface area (Å²) in [6.07, 6.45) is 0.106. The number of fused-ring (bicyclic) bond motifs is 1. The molecule has 1 aliphatic heterocycles. The number of para-hydroxylation sites is 1. The lowest BCUT2D eigenvalue weighted by molar-refractivity contribution is -0.125. The average molecular weight is 447 g/mol. The maximum atomic E-state index is 12.8. The number of rotatable bonds is 7. The topological polar surface area (TPSA) is 185 Å². The van der Waals surface area contributed by atoms with Gasteiger partial charge in [0.2, 0.25) is 0 Å². The van der Waals surface area contributed by atoms with E-state index in [0.29, 0.717) is 5.56 Å². The lowest BCUT2D eigenvalue weighted by Gasteiger charge is -2.28. The monoisotopic (exact) mass is 447 g/mol. The highest BCUT2D eigenvalue weighted by Gasteiger charge is 2.38. The molecule has 2 heterocycles. The van der Waals surface area contributed by atoms with Crippen molar-refractivity contribution >= 4 is 47.1 Å². The van der Waals surface area contributed by atoms with Crippen molar-refractivity contribution in [3.63, 3.8) is 0 Å². The van der Waals surface area contributed by atoms with Crippen molar-refractivity contribution in [3.05, 3.63) is 40.4 Å². The number of nitrogens with one attached hydrogen (secondary N) is 2. The summed E-state index contributed by atoms with van der Waals surface area (Å²) in [6.45, 7) is -0.423. The van der Waals surface area contributed by atoms with E-state index >= 15 is 0 Å². The highest BCUT2D eigenvalue weighted by Crippen LogP contribution is 2.30. The molecule has 6 N–H and O–H groups in total. The molecule has 2 aromatic rings. The van der Waals surface area contributed by atoms with E-state index < -0.39 is 37.5 Å². The second-order valence-corrected chi connectivity index (χ2v) is 7.24. The van der Waals surface area contributed by atoms with Gasteiger partial charge in [-0.05, 0) is 18.1 Å². The van der Waals surface area contributed by atoms with E-state index in [1.807, 2.05) is 0 Å².